The lowest BCUT2D eigenvalue weighted by molar-refractivity contribution is 0.340. The van der Waals surface area contributed by atoms with E-state index in [2.05, 4.69) is 48.6 Å². The summed E-state index contributed by atoms with van der Waals surface area (Å²) >= 11 is 0. The molecule has 0 heterocycles. The predicted molar refractivity (Wildman–Crippen MR) is 86.6 cm³/mol. The first-order valence-electron chi connectivity index (χ1n) is 6.76. The van der Waals surface area contributed by atoms with Gasteiger partial charge in [0, 0.05) is 13.1 Å². The number of aryl methyl sites for hydroxylation is 1. The number of hydrogen-bond acceptors (Lipinski definition) is 2. The zero-order valence-corrected chi connectivity index (χ0v) is 12.9. The Morgan fingerprint density at radius 2 is 1.35 bits per heavy atom. The van der Waals surface area contributed by atoms with Crippen LogP contribution in [0.2, 0.25) is 0 Å². The summed E-state index contributed by atoms with van der Waals surface area (Å²) in [6.07, 6.45) is 0. The fraction of sp³-hybridized carbons (Fsp3) is 0.294. The molecule has 2 aromatic carbocycles. The van der Waals surface area contributed by atoms with Gasteiger partial charge in [-0.2, -0.15) is 0 Å². The maximum absolute atomic E-state index is 5.43. The van der Waals surface area contributed by atoms with Crippen LogP contribution in [0.4, 0.5) is 0 Å². The first-order chi connectivity index (χ1) is 9.28. The van der Waals surface area contributed by atoms with Crippen molar-refractivity contribution in [1.29, 1.82) is 0 Å². The van der Waals surface area contributed by atoms with Gasteiger partial charge < -0.3 is 10.1 Å². The van der Waals surface area contributed by atoms with Crippen molar-refractivity contribution in [1.82, 2.24) is 5.32 Å². The second-order valence-corrected chi connectivity index (χ2v) is 4.67. The average Bonchev–Trinajstić information content (AvgIpc) is 2.43. The molecule has 0 amide bonds. The smallest absolute Gasteiger partial charge is 0.119 e. The maximum Gasteiger partial charge on any atom is 0.119 e. The Kier molecular flexibility index (Phi) is 7.13. The molecule has 0 saturated carbocycles. The van der Waals surface area contributed by atoms with Crippen molar-refractivity contribution in [3.63, 3.8) is 0 Å². The normalized spacial score (nSPS) is 9.90. The third kappa shape index (κ3) is 5.24. The molecule has 0 unspecified atom stereocenters. The molecule has 0 aromatic heterocycles. The van der Waals surface area contributed by atoms with Crippen LogP contribution < -0.4 is 10.1 Å². The van der Waals surface area contributed by atoms with Gasteiger partial charge in [-0.3, -0.25) is 0 Å². The van der Waals surface area contributed by atoms with Crippen LogP contribution in [0.1, 0.15) is 23.6 Å². The zero-order valence-electron chi connectivity index (χ0n) is 12.1. The lowest BCUT2D eigenvalue weighted by atomic mass is 10.1. The van der Waals surface area contributed by atoms with Gasteiger partial charge in [0.2, 0.25) is 0 Å². The molecule has 0 spiro atoms. The fourth-order valence-corrected chi connectivity index (χ4v) is 1.93. The van der Waals surface area contributed by atoms with Crippen LogP contribution in [0.15, 0.2) is 48.5 Å². The lowest BCUT2D eigenvalue weighted by Crippen LogP contribution is -2.12. The van der Waals surface area contributed by atoms with Gasteiger partial charge in [-0.15, -0.1) is 12.4 Å². The topological polar surface area (TPSA) is 21.3 Å². The molecule has 0 aliphatic carbocycles. The van der Waals surface area contributed by atoms with Gasteiger partial charge in [-0.25, -0.2) is 0 Å². The standard InChI is InChI=1S/C17H21NO.ClH/c1-3-19-17-10-8-16(9-11-17)13-18-12-15-6-4-14(2)5-7-15;/h4-11,18H,3,12-13H2,1-2H3;1H. The highest BCUT2D eigenvalue weighted by Gasteiger charge is 1.96. The van der Waals surface area contributed by atoms with Crippen molar-refractivity contribution in [3.05, 3.63) is 65.2 Å². The summed E-state index contributed by atoms with van der Waals surface area (Å²) in [5.74, 6) is 0.935. The Bertz CT molecular complexity index is 493. The van der Waals surface area contributed by atoms with E-state index in [1.54, 1.807) is 0 Å². The largest absolute Gasteiger partial charge is 0.494 e. The number of hydrogen-bond donors (Lipinski definition) is 1. The summed E-state index contributed by atoms with van der Waals surface area (Å²) < 4.78 is 5.43. The molecule has 20 heavy (non-hydrogen) atoms. The van der Waals surface area contributed by atoms with Crippen molar-refractivity contribution < 1.29 is 4.74 Å². The summed E-state index contributed by atoms with van der Waals surface area (Å²) in [6.45, 7) is 6.59. The van der Waals surface area contributed by atoms with Gasteiger partial charge in [0.1, 0.15) is 5.75 Å². The Morgan fingerprint density at radius 3 is 1.85 bits per heavy atom. The number of nitrogens with one attached hydrogen (secondary N) is 1. The highest BCUT2D eigenvalue weighted by molar-refractivity contribution is 5.85. The van der Waals surface area contributed by atoms with E-state index in [0.717, 1.165) is 18.8 Å². The molecular formula is C17H22ClNO. The predicted octanol–water partition coefficient (Wildman–Crippen LogP) is 4.11. The number of halogens is 1. The van der Waals surface area contributed by atoms with E-state index in [1.165, 1.54) is 16.7 Å². The second-order valence-electron chi connectivity index (χ2n) is 4.67. The van der Waals surface area contributed by atoms with Gasteiger partial charge in [0.25, 0.3) is 0 Å². The van der Waals surface area contributed by atoms with Gasteiger partial charge in [-0.1, -0.05) is 42.0 Å². The summed E-state index contributed by atoms with van der Waals surface area (Å²) in [6, 6.07) is 16.9. The highest BCUT2D eigenvalue weighted by Crippen LogP contribution is 2.12. The molecule has 0 fully saturated rings. The first kappa shape index (κ1) is 16.5. The van der Waals surface area contributed by atoms with Crippen LogP contribution in [-0.4, -0.2) is 6.61 Å². The summed E-state index contributed by atoms with van der Waals surface area (Å²) in [5, 5.41) is 3.45. The molecule has 0 bridgehead atoms. The van der Waals surface area contributed by atoms with Gasteiger partial charge >= 0.3 is 0 Å². The molecule has 2 aromatic rings. The minimum absolute atomic E-state index is 0. The Hall–Kier alpha value is -1.51. The van der Waals surface area contributed by atoms with E-state index in [-0.39, 0.29) is 12.4 Å². The van der Waals surface area contributed by atoms with Crippen LogP contribution in [0, 0.1) is 6.92 Å². The Labute approximate surface area is 127 Å². The van der Waals surface area contributed by atoms with Crippen molar-refractivity contribution in [2.45, 2.75) is 26.9 Å². The molecular weight excluding hydrogens is 270 g/mol. The molecule has 108 valence electrons. The molecule has 2 rings (SSSR count). The van der Waals surface area contributed by atoms with Crippen LogP contribution in [0.3, 0.4) is 0 Å². The second kappa shape index (κ2) is 8.62. The fourth-order valence-electron chi connectivity index (χ4n) is 1.93. The first-order valence-corrected chi connectivity index (χ1v) is 6.76. The average molecular weight is 292 g/mol. The minimum Gasteiger partial charge on any atom is -0.494 e. The third-order valence-electron chi connectivity index (χ3n) is 3.01. The Balaban J connectivity index is 0.00000200. The summed E-state index contributed by atoms with van der Waals surface area (Å²) in [7, 11) is 0. The summed E-state index contributed by atoms with van der Waals surface area (Å²) in [5.41, 5.74) is 3.89. The van der Waals surface area contributed by atoms with E-state index in [0.29, 0.717) is 6.61 Å². The number of benzene rings is 2. The molecule has 3 heteroatoms. The van der Waals surface area contributed by atoms with Gasteiger partial charge in [-0.05, 0) is 37.1 Å². The molecule has 1 N–H and O–H groups in total. The van der Waals surface area contributed by atoms with Crippen LogP contribution >= 0.6 is 12.4 Å². The molecule has 0 atom stereocenters. The van der Waals surface area contributed by atoms with Crippen LogP contribution in [0.5, 0.6) is 5.75 Å². The van der Waals surface area contributed by atoms with Crippen molar-refractivity contribution in [2.75, 3.05) is 6.61 Å². The van der Waals surface area contributed by atoms with Crippen LogP contribution in [-0.2, 0) is 13.1 Å². The number of ether oxygens (including phenoxy) is 1. The maximum atomic E-state index is 5.43. The summed E-state index contributed by atoms with van der Waals surface area (Å²) in [4.78, 5) is 0. The van der Waals surface area contributed by atoms with E-state index in [9.17, 15) is 0 Å². The van der Waals surface area contributed by atoms with Gasteiger partial charge in [0.05, 0.1) is 6.61 Å². The number of rotatable bonds is 6. The quantitative estimate of drug-likeness (QED) is 0.865. The van der Waals surface area contributed by atoms with Gasteiger partial charge in [0.15, 0.2) is 0 Å². The van der Waals surface area contributed by atoms with E-state index in [1.807, 2.05) is 19.1 Å². The van der Waals surface area contributed by atoms with E-state index < -0.39 is 0 Å². The Morgan fingerprint density at radius 1 is 0.850 bits per heavy atom. The molecule has 2 nitrogen and oxygen atoms in total. The third-order valence-corrected chi connectivity index (χ3v) is 3.01. The van der Waals surface area contributed by atoms with Crippen molar-refractivity contribution >= 4 is 12.4 Å². The highest BCUT2D eigenvalue weighted by atomic mass is 35.5. The SMILES string of the molecule is CCOc1ccc(CNCc2ccc(C)cc2)cc1.Cl. The molecule has 0 aliphatic rings. The van der Waals surface area contributed by atoms with Crippen molar-refractivity contribution in [3.8, 4) is 5.75 Å². The lowest BCUT2D eigenvalue weighted by Gasteiger charge is -2.07. The monoisotopic (exact) mass is 291 g/mol. The van der Waals surface area contributed by atoms with Crippen molar-refractivity contribution in [2.24, 2.45) is 0 Å². The molecule has 0 saturated heterocycles. The van der Waals surface area contributed by atoms with E-state index >= 15 is 0 Å². The zero-order chi connectivity index (χ0) is 13.5. The minimum atomic E-state index is 0. The molecule has 0 radical (unpaired) electrons. The van der Waals surface area contributed by atoms with E-state index in [4.69, 9.17) is 4.74 Å². The molecule has 0 aliphatic heterocycles. The van der Waals surface area contributed by atoms with Crippen LogP contribution in [0.25, 0.3) is 0 Å².